The number of hydrogen-bond acceptors (Lipinski definition) is 5. The minimum absolute atomic E-state index is 0.0775. The Morgan fingerprint density at radius 2 is 1.94 bits per heavy atom. The molecule has 33 heavy (non-hydrogen) atoms. The predicted octanol–water partition coefficient (Wildman–Crippen LogP) is 4.49. The average molecular weight is 469 g/mol. The van der Waals surface area contributed by atoms with Crippen molar-refractivity contribution < 1.29 is 17.5 Å². The summed E-state index contributed by atoms with van der Waals surface area (Å²) in [7, 11) is -2.09. The Bertz CT molecular complexity index is 1330. The molecule has 1 saturated heterocycles. The number of aryl methyl sites for hydroxylation is 1. The maximum Gasteiger partial charge on any atom is 0.237 e. The average Bonchev–Trinajstić information content (AvgIpc) is 3.22. The van der Waals surface area contributed by atoms with Gasteiger partial charge >= 0.3 is 0 Å². The number of aromatic nitrogens is 2. The lowest BCUT2D eigenvalue weighted by molar-refractivity contribution is 0.413. The van der Waals surface area contributed by atoms with Crippen molar-refractivity contribution >= 4 is 21.9 Å². The summed E-state index contributed by atoms with van der Waals surface area (Å²) in [6.07, 6.45) is 5.65. The van der Waals surface area contributed by atoms with Crippen molar-refractivity contribution in [2.45, 2.75) is 26.3 Å². The molecule has 0 amide bonds. The van der Waals surface area contributed by atoms with Crippen LogP contribution < -0.4 is 4.74 Å². The third-order valence-electron chi connectivity index (χ3n) is 5.69. The molecule has 3 aromatic rings. The van der Waals surface area contributed by atoms with E-state index in [9.17, 15) is 12.8 Å². The van der Waals surface area contributed by atoms with Crippen LogP contribution in [0.1, 0.15) is 36.2 Å². The summed E-state index contributed by atoms with van der Waals surface area (Å²) in [6.45, 7) is 3.61. The Morgan fingerprint density at radius 3 is 2.58 bits per heavy atom. The number of rotatable bonds is 5. The summed E-state index contributed by atoms with van der Waals surface area (Å²) in [5.74, 6) is 0.0574. The molecular formula is C24H25FN4O3S. The maximum absolute atomic E-state index is 13.3. The molecular weight excluding hydrogens is 443 g/mol. The largest absolute Gasteiger partial charge is 0.495 e. The number of amidine groups is 1. The molecule has 1 fully saturated rings. The third kappa shape index (κ3) is 4.54. The molecule has 2 aromatic carbocycles. The molecule has 1 aliphatic rings. The summed E-state index contributed by atoms with van der Waals surface area (Å²) in [6, 6.07) is 10.7. The zero-order chi connectivity index (χ0) is 23.8. The second kappa shape index (κ2) is 8.82. The van der Waals surface area contributed by atoms with Crippen LogP contribution >= 0.6 is 0 Å². The second-order valence-corrected chi connectivity index (χ2v) is 9.93. The predicted molar refractivity (Wildman–Crippen MR) is 126 cm³/mol. The van der Waals surface area contributed by atoms with Crippen LogP contribution in [0, 0.1) is 18.2 Å². The minimum Gasteiger partial charge on any atom is -0.495 e. The summed E-state index contributed by atoms with van der Waals surface area (Å²) in [5.41, 5.74) is 3.73. The van der Waals surface area contributed by atoms with Crippen LogP contribution in [-0.2, 0) is 10.0 Å². The monoisotopic (exact) mass is 468 g/mol. The van der Waals surface area contributed by atoms with E-state index in [1.165, 1.54) is 12.1 Å². The Labute approximate surface area is 192 Å². The number of ether oxygens (including phenoxy) is 1. The SMILES string of the molecule is COc1cc(/C=C2\CCS(=O)(=O)N(C(C)c3ccc(F)cc3)C2=N)ccc1-n1cnc(C)c1. The van der Waals surface area contributed by atoms with Gasteiger partial charge in [-0.05, 0) is 67.3 Å². The number of halogens is 1. The lowest BCUT2D eigenvalue weighted by Crippen LogP contribution is -2.44. The lowest BCUT2D eigenvalue weighted by atomic mass is 10.0. The van der Waals surface area contributed by atoms with Crippen molar-refractivity contribution in [2.75, 3.05) is 12.9 Å². The molecule has 0 bridgehead atoms. The Morgan fingerprint density at radius 1 is 1.21 bits per heavy atom. The molecule has 7 nitrogen and oxygen atoms in total. The van der Waals surface area contributed by atoms with Gasteiger partial charge < -0.3 is 9.30 Å². The zero-order valence-corrected chi connectivity index (χ0v) is 19.4. The van der Waals surface area contributed by atoms with Crippen LogP contribution in [0.2, 0.25) is 0 Å². The first-order valence-corrected chi connectivity index (χ1v) is 12.1. The highest BCUT2D eigenvalue weighted by Gasteiger charge is 2.36. The molecule has 2 heterocycles. The van der Waals surface area contributed by atoms with Crippen LogP contribution in [0.5, 0.6) is 5.75 Å². The number of sulfonamides is 1. The fourth-order valence-corrected chi connectivity index (χ4v) is 5.61. The van der Waals surface area contributed by atoms with Gasteiger partial charge in [0.2, 0.25) is 10.0 Å². The van der Waals surface area contributed by atoms with E-state index in [2.05, 4.69) is 4.98 Å². The van der Waals surface area contributed by atoms with E-state index < -0.39 is 21.9 Å². The van der Waals surface area contributed by atoms with Crippen molar-refractivity contribution in [3.63, 3.8) is 0 Å². The third-order valence-corrected chi connectivity index (χ3v) is 7.51. The van der Waals surface area contributed by atoms with Crippen LogP contribution in [-0.4, -0.2) is 41.0 Å². The first-order chi connectivity index (χ1) is 15.7. The molecule has 0 radical (unpaired) electrons. The summed E-state index contributed by atoms with van der Waals surface area (Å²) in [4.78, 5) is 4.25. The molecule has 4 rings (SSSR count). The molecule has 9 heteroatoms. The van der Waals surface area contributed by atoms with E-state index in [4.69, 9.17) is 10.1 Å². The molecule has 0 aliphatic carbocycles. The van der Waals surface area contributed by atoms with Gasteiger partial charge in [-0.15, -0.1) is 0 Å². The van der Waals surface area contributed by atoms with E-state index >= 15 is 0 Å². The Balaban J connectivity index is 1.67. The van der Waals surface area contributed by atoms with E-state index in [-0.39, 0.29) is 18.0 Å². The quantitative estimate of drug-likeness (QED) is 0.598. The van der Waals surface area contributed by atoms with Crippen molar-refractivity contribution in [2.24, 2.45) is 0 Å². The zero-order valence-electron chi connectivity index (χ0n) is 18.6. The smallest absolute Gasteiger partial charge is 0.237 e. The van der Waals surface area contributed by atoms with Gasteiger partial charge in [0.25, 0.3) is 0 Å². The standard InChI is InChI=1S/C24H25FN4O3S/c1-16-14-28(15-27-16)22-9-4-18(13-23(22)32-3)12-20-10-11-33(30,31)29(24(20)26)17(2)19-5-7-21(25)8-6-19/h4-9,12-15,17,26H,10-11H2,1-3H3/b20-12+,26-24?. The van der Waals surface area contributed by atoms with Gasteiger partial charge in [-0.1, -0.05) is 18.2 Å². The van der Waals surface area contributed by atoms with E-state index in [1.54, 1.807) is 32.5 Å². The van der Waals surface area contributed by atoms with Gasteiger partial charge in [-0.25, -0.2) is 22.1 Å². The molecule has 1 N–H and O–H groups in total. The van der Waals surface area contributed by atoms with Gasteiger partial charge in [0.05, 0.1) is 36.6 Å². The first kappa shape index (κ1) is 22.7. The molecule has 1 aromatic heterocycles. The number of imidazole rings is 1. The van der Waals surface area contributed by atoms with Gasteiger partial charge in [-0.2, -0.15) is 0 Å². The molecule has 0 spiro atoms. The number of benzene rings is 2. The van der Waals surface area contributed by atoms with Crippen molar-refractivity contribution in [1.29, 1.82) is 5.41 Å². The van der Waals surface area contributed by atoms with Crippen molar-refractivity contribution in [3.8, 4) is 11.4 Å². The van der Waals surface area contributed by atoms with Crippen molar-refractivity contribution in [3.05, 3.63) is 83.2 Å². The highest BCUT2D eigenvalue weighted by atomic mass is 32.2. The van der Waals surface area contributed by atoms with Gasteiger partial charge in [0.1, 0.15) is 17.4 Å². The minimum atomic E-state index is -3.67. The highest BCUT2D eigenvalue weighted by molar-refractivity contribution is 7.89. The first-order valence-electron chi connectivity index (χ1n) is 10.5. The van der Waals surface area contributed by atoms with Crippen LogP contribution in [0.3, 0.4) is 0 Å². The fraction of sp³-hybridized carbons (Fsp3) is 0.250. The van der Waals surface area contributed by atoms with E-state index in [0.717, 1.165) is 21.2 Å². The molecule has 1 atom stereocenters. The normalized spacial score (nSPS) is 17.9. The molecule has 0 saturated carbocycles. The second-order valence-electron chi connectivity index (χ2n) is 7.96. The van der Waals surface area contributed by atoms with E-state index in [0.29, 0.717) is 16.9 Å². The van der Waals surface area contributed by atoms with Crippen molar-refractivity contribution in [1.82, 2.24) is 13.9 Å². The number of hydrogen-bond donors (Lipinski definition) is 1. The van der Waals surface area contributed by atoms with E-state index in [1.807, 2.05) is 42.0 Å². The summed E-state index contributed by atoms with van der Waals surface area (Å²) in [5, 5.41) is 8.67. The highest BCUT2D eigenvalue weighted by Crippen LogP contribution is 2.32. The molecule has 172 valence electrons. The Kier molecular flexibility index (Phi) is 6.07. The lowest BCUT2D eigenvalue weighted by Gasteiger charge is -2.35. The van der Waals surface area contributed by atoms with Crippen LogP contribution in [0.15, 0.2) is 60.6 Å². The number of methoxy groups -OCH3 is 1. The topological polar surface area (TPSA) is 88.3 Å². The summed E-state index contributed by atoms with van der Waals surface area (Å²) >= 11 is 0. The fourth-order valence-electron chi connectivity index (χ4n) is 3.94. The van der Waals surface area contributed by atoms with Crippen LogP contribution in [0.25, 0.3) is 11.8 Å². The van der Waals surface area contributed by atoms with Crippen LogP contribution in [0.4, 0.5) is 4.39 Å². The van der Waals surface area contributed by atoms with Gasteiger partial charge in [0, 0.05) is 6.20 Å². The molecule has 1 unspecified atom stereocenters. The summed E-state index contributed by atoms with van der Waals surface area (Å²) < 4.78 is 47.5. The molecule has 1 aliphatic heterocycles. The van der Waals surface area contributed by atoms with Gasteiger partial charge in [-0.3, -0.25) is 5.41 Å². The Hall–Kier alpha value is -3.46. The number of nitrogens with one attached hydrogen (secondary N) is 1. The van der Waals surface area contributed by atoms with Gasteiger partial charge in [0.15, 0.2) is 0 Å². The number of nitrogens with zero attached hydrogens (tertiary/aromatic N) is 3. The maximum atomic E-state index is 13.3.